The van der Waals surface area contributed by atoms with Crippen LogP contribution in [-0.2, 0) is 4.79 Å². The molecule has 2 rings (SSSR count). The van der Waals surface area contributed by atoms with Crippen LogP contribution in [-0.4, -0.2) is 52.5 Å². The molecule has 1 fully saturated rings. The Hall–Kier alpha value is -2.11. The summed E-state index contributed by atoms with van der Waals surface area (Å²) in [6, 6.07) is 3.45. The van der Waals surface area contributed by atoms with Crippen LogP contribution in [0.4, 0.5) is 5.69 Å². The Morgan fingerprint density at radius 2 is 2.05 bits per heavy atom. The highest BCUT2D eigenvalue weighted by molar-refractivity contribution is 5.95. The fourth-order valence-corrected chi connectivity index (χ4v) is 2.49. The highest BCUT2D eigenvalue weighted by atomic mass is 16.4. The molecule has 6 nitrogen and oxygen atoms in total. The van der Waals surface area contributed by atoms with E-state index < -0.39 is 5.97 Å². The van der Waals surface area contributed by atoms with Crippen molar-refractivity contribution in [2.75, 3.05) is 24.5 Å². The highest BCUT2D eigenvalue weighted by Crippen LogP contribution is 2.21. The van der Waals surface area contributed by atoms with E-state index in [0.29, 0.717) is 5.69 Å². The van der Waals surface area contributed by atoms with E-state index in [0.717, 1.165) is 31.6 Å². The standard InChI is InChI=1S/C15H21N3O3/c1-11(2)18(10-14(19)20)15(21)13-9-12(5-6-16-13)17-7-3-4-8-17/h5-6,9,11H,3-4,7-8,10H2,1-2H3,(H,19,20). The van der Waals surface area contributed by atoms with Gasteiger partial charge in [0, 0.05) is 31.0 Å². The SMILES string of the molecule is CC(C)N(CC(=O)O)C(=O)c1cc(N2CCCC2)ccn1. The molecule has 0 unspecified atom stereocenters. The number of carbonyl (C=O) groups is 2. The van der Waals surface area contributed by atoms with Crippen LogP contribution >= 0.6 is 0 Å². The number of amides is 1. The van der Waals surface area contributed by atoms with Crippen molar-refractivity contribution in [1.29, 1.82) is 0 Å². The van der Waals surface area contributed by atoms with Crippen LogP contribution in [0.15, 0.2) is 18.3 Å². The van der Waals surface area contributed by atoms with E-state index in [1.54, 1.807) is 26.1 Å². The predicted molar refractivity (Wildman–Crippen MR) is 79.5 cm³/mol. The lowest BCUT2D eigenvalue weighted by Gasteiger charge is -2.25. The largest absolute Gasteiger partial charge is 0.480 e. The van der Waals surface area contributed by atoms with E-state index in [9.17, 15) is 9.59 Å². The van der Waals surface area contributed by atoms with Gasteiger partial charge in [-0.1, -0.05) is 0 Å². The van der Waals surface area contributed by atoms with Gasteiger partial charge in [0.2, 0.25) is 0 Å². The van der Waals surface area contributed by atoms with Crippen LogP contribution < -0.4 is 4.90 Å². The fraction of sp³-hybridized carbons (Fsp3) is 0.533. The molecular formula is C15H21N3O3. The van der Waals surface area contributed by atoms with Gasteiger partial charge in [-0.3, -0.25) is 14.6 Å². The highest BCUT2D eigenvalue weighted by Gasteiger charge is 2.23. The van der Waals surface area contributed by atoms with Crippen molar-refractivity contribution in [3.8, 4) is 0 Å². The first-order chi connectivity index (χ1) is 9.99. The number of aromatic nitrogens is 1. The van der Waals surface area contributed by atoms with E-state index in [4.69, 9.17) is 5.11 Å². The molecule has 0 aliphatic carbocycles. The third-order valence-corrected chi connectivity index (χ3v) is 3.62. The number of anilines is 1. The van der Waals surface area contributed by atoms with Gasteiger partial charge < -0.3 is 14.9 Å². The molecule has 0 radical (unpaired) electrons. The second-order valence-electron chi connectivity index (χ2n) is 5.51. The third kappa shape index (κ3) is 3.71. The number of hydrogen-bond donors (Lipinski definition) is 1. The molecule has 2 heterocycles. The molecule has 1 aliphatic heterocycles. The molecule has 21 heavy (non-hydrogen) atoms. The van der Waals surface area contributed by atoms with E-state index in [1.807, 2.05) is 6.07 Å². The molecular weight excluding hydrogens is 270 g/mol. The monoisotopic (exact) mass is 291 g/mol. The van der Waals surface area contributed by atoms with Crippen molar-refractivity contribution < 1.29 is 14.7 Å². The van der Waals surface area contributed by atoms with E-state index in [1.165, 1.54) is 4.90 Å². The number of carboxylic acid groups (broad SMARTS) is 1. The molecule has 0 spiro atoms. The Morgan fingerprint density at radius 3 is 2.62 bits per heavy atom. The number of pyridine rings is 1. The topological polar surface area (TPSA) is 73.7 Å². The van der Waals surface area contributed by atoms with Gasteiger partial charge in [0.25, 0.3) is 5.91 Å². The Kier molecular flexibility index (Phi) is 4.77. The summed E-state index contributed by atoms with van der Waals surface area (Å²) < 4.78 is 0. The molecule has 6 heteroatoms. The lowest BCUT2D eigenvalue weighted by Crippen LogP contribution is -2.41. The predicted octanol–water partition coefficient (Wildman–Crippen LogP) is 1.62. The van der Waals surface area contributed by atoms with E-state index in [2.05, 4.69) is 9.88 Å². The maximum absolute atomic E-state index is 12.5. The van der Waals surface area contributed by atoms with Gasteiger partial charge in [-0.25, -0.2) is 0 Å². The maximum atomic E-state index is 12.5. The Balaban J connectivity index is 2.20. The molecule has 1 N–H and O–H groups in total. The first kappa shape index (κ1) is 15.3. The third-order valence-electron chi connectivity index (χ3n) is 3.62. The van der Waals surface area contributed by atoms with Gasteiger partial charge in [-0.05, 0) is 38.8 Å². The summed E-state index contributed by atoms with van der Waals surface area (Å²) >= 11 is 0. The number of aliphatic carboxylic acids is 1. The minimum atomic E-state index is -1.02. The summed E-state index contributed by atoms with van der Waals surface area (Å²) in [4.78, 5) is 31.0. The van der Waals surface area contributed by atoms with Crippen molar-refractivity contribution >= 4 is 17.6 Å². The van der Waals surface area contributed by atoms with Gasteiger partial charge in [-0.2, -0.15) is 0 Å². The number of hydrogen-bond acceptors (Lipinski definition) is 4. The Morgan fingerprint density at radius 1 is 1.38 bits per heavy atom. The summed E-state index contributed by atoms with van der Waals surface area (Å²) in [6.07, 6.45) is 3.92. The smallest absolute Gasteiger partial charge is 0.323 e. The van der Waals surface area contributed by atoms with Crippen LogP contribution in [0.3, 0.4) is 0 Å². The Bertz CT molecular complexity index is 525. The maximum Gasteiger partial charge on any atom is 0.323 e. The summed E-state index contributed by atoms with van der Waals surface area (Å²) in [5.41, 5.74) is 1.28. The van der Waals surface area contributed by atoms with Gasteiger partial charge >= 0.3 is 5.97 Å². The molecule has 1 aromatic rings. The average Bonchev–Trinajstić information content (AvgIpc) is 2.98. The molecule has 1 aromatic heterocycles. The van der Waals surface area contributed by atoms with Crippen LogP contribution in [0.25, 0.3) is 0 Å². The number of nitrogens with zero attached hydrogens (tertiary/aromatic N) is 3. The van der Waals surface area contributed by atoms with Crippen molar-refractivity contribution in [2.45, 2.75) is 32.7 Å². The van der Waals surface area contributed by atoms with Gasteiger partial charge in [0.15, 0.2) is 0 Å². The normalized spacial score (nSPS) is 14.5. The summed E-state index contributed by atoms with van der Waals surface area (Å²) in [5, 5.41) is 8.93. The zero-order chi connectivity index (χ0) is 15.4. The van der Waals surface area contributed by atoms with Crippen LogP contribution in [0.5, 0.6) is 0 Å². The molecule has 0 saturated carbocycles. The minimum Gasteiger partial charge on any atom is -0.480 e. The molecule has 1 amide bonds. The minimum absolute atomic E-state index is 0.189. The lowest BCUT2D eigenvalue weighted by molar-refractivity contribution is -0.138. The lowest BCUT2D eigenvalue weighted by atomic mass is 10.2. The summed E-state index contributed by atoms with van der Waals surface area (Å²) in [7, 11) is 0. The molecule has 114 valence electrons. The van der Waals surface area contributed by atoms with Crippen molar-refractivity contribution in [3.05, 3.63) is 24.0 Å². The second-order valence-corrected chi connectivity index (χ2v) is 5.51. The van der Waals surface area contributed by atoms with Gasteiger partial charge in [0.1, 0.15) is 12.2 Å². The average molecular weight is 291 g/mol. The number of carboxylic acids is 1. The molecule has 0 atom stereocenters. The van der Waals surface area contributed by atoms with Crippen molar-refractivity contribution in [1.82, 2.24) is 9.88 Å². The van der Waals surface area contributed by atoms with Gasteiger partial charge in [-0.15, -0.1) is 0 Å². The second kappa shape index (κ2) is 6.56. The molecule has 0 aromatic carbocycles. The molecule has 1 aliphatic rings. The number of carbonyl (C=O) groups excluding carboxylic acids is 1. The zero-order valence-electron chi connectivity index (χ0n) is 12.5. The summed E-state index contributed by atoms with van der Waals surface area (Å²) in [6.45, 7) is 5.25. The quantitative estimate of drug-likeness (QED) is 0.892. The fourth-order valence-electron chi connectivity index (χ4n) is 2.49. The van der Waals surface area contributed by atoms with Crippen LogP contribution in [0, 0.1) is 0 Å². The first-order valence-corrected chi connectivity index (χ1v) is 7.23. The first-order valence-electron chi connectivity index (χ1n) is 7.23. The van der Waals surface area contributed by atoms with Crippen LogP contribution in [0.1, 0.15) is 37.2 Å². The zero-order valence-corrected chi connectivity index (χ0v) is 12.5. The van der Waals surface area contributed by atoms with Crippen LogP contribution in [0.2, 0.25) is 0 Å². The Labute approximate surface area is 124 Å². The van der Waals surface area contributed by atoms with E-state index in [-0.39, 0.29) is 18.5 Å². The molecule has 1 saturated heterocycles. The summed E-state index contributed by atoms with van der Waals surface area (Å²) in [5.74, 6) is -1.36. The van der Waals surface area contributed by atoms with Gasteiger partial charge in [0.05, 0.1) is 0 Å². The van der Waals surface area contributed by atoms with Crippen molar-refractivity contribution in [3.63, 3.8) is 0 Å². The number of rotatable bonds is 5. The van der Waals surface area contributed by atoms with E-state index >= 15 is 0 Å². The van der Waals surface area contributed by atoms with Crippen molar-refractivity contribution in [2.24, 2.45) is 0 Å². The molecule has 0 bridgehead atoms.